The van der Waals surface area contributed by atoms with Crippen LogP contribution in [0.15, 0.2) is 82.2 Å². The Bertz CT molecular complexity index is 1540. The molecule has 0 spiro atoms. The average Bonchev–Trinajstić information content (AvgIpc) is 3.34. The average molecular weight is 460 g/mol. The number of hydrogen-bond donors (Lipinski definition) is 0. The summed E-state index contributed by atoms with van der Waals surface area (Å²) < 4.78 is 17.9. The van der Waals surface area contributed by atoms with E-state index in [1.54, 1.807) is 62.9 Å². The summed E-state index contributed by atoms with van der Waals surface area (Å²) in [4.78, 5) is 17.8. The molecule has 0 bridgehead atoms. The number of ether oxygens (including phenoxy) is 2. The van der Waals surface area contributed by atoms with Crippen molar-refractivity contribution in [1.82, 2.24) is 14.7 Å². The van der Waals surface area contributed by atoms with Crippen molar-refractivity contribution in [2.45, 2.75) is 0 Å². The topological polar surface area (TPSA) is 79.4 Å². The SMILES string of the molecule is COc1ccc(-c2noc(-c3cn(-c4cccc(Cl)c4)c(=O)c4ccccc34)n2)c(OC)c1. The van der Waals surface area contributed by atoms with E-state index in [9.17, 15) is 4.79 Å². The van der Waals surface area contributed by atoms with Crippen molar-refractivity contribution in [3.63, 3.8) is 0 Å². The molecule has 0 atom stereocenters. The highest BCUT2D eigenvalue weighted by Crippen LogP contribution is 2.34. The van der Waals surface area contributed by atoms with Crippen molar-refractivity contribution in [3.05, 3.63) is 88.3 Å². The number of benzene rings is 3. The smallest absolute Gasteiger partial charge is 0.262 e. The van der Waals surface area contributed by atoms with Crippen molar-refractivity contribution in [3.8, 4) is 40.0 Å². The molecule has 0 radical (unpaired) electrons. The zero-order chi connectivity index (χ0) is 22.9. The van der Waals surface area contributed by atoms with Crippen LogP contribution in [0.1, 0.15) is 0 Å². The molecule has 33 heavy (non-hydrogen) atoms. The van der Waals surface area contributed by atoms with E-state index in [-0.39, 0.29) is 11.4 Å². The minimum Gasteiger partial charge on any atom is -0.497 e. The first-order valence-electron chi connectivity index (χ1n) is 10.1. The Morgan fingerprint density at radius 3 is 2.48 bits per heavy atom. The lowest BCUT2D eigenvalue weighted by atomic mass is 10.1. The summed E-state index contributed by atoms with van der Waals surface area (Å²) >= 11 is 6.17. The van der Waals surface area contributed by atoms with Gasteiger partial charge < -0.3 is 14.0 Å². The molecular weight excluding hydrogens is 442 g/mol. The molecular formula is C25H18ClN3O4. The van der Waals surface area contributed by atoms with Gasteiger partial charge in [-0.15, -0.1) is 0 Å². The van der Waals surface area contributed by atoms with Crippen molar-refractivity contribution in [2.75, 3.05) is 14.2 Å². The number of hydrogen-bond acceptors (Lipinski definition) is 6. The van der Waals surface area contributed by atoms with Crippen LogP contribution >= 0.6 is 11.6 Å². The second-order valence-corrected chi connectivity index (χ2v) is 7.67. The maximum Gasteiger partial charge on any atom is 0.262 e. The minimum atomic E-state index is -0.173. The molecule has 0 N–H and O–H groups in total. The van der Waals surface area contributed by atoms with Gasteiger partial charge in [0.05, 0.1) is 31.0 Å². The molecule has 0 fully saturated rings. The molecule has 5 rings (SSSR count). The van der Waals surface area contributed by atoms with Gasteiger partial charge in [-0.25, -0.2) is 0 Å². The predicted molar refractivity (Wildman–Crippen MR) is 126 cm³/mol. The van der Waals surface area contributed by atoms with E-state index in [4.69, 9.17) is 25.6 Å². The van der Waals surface area contributed by atoms with Gasteiger partial charge in [0.1, 0.15) is 11.5 Å². The Balaban J connectivity index is 1.70. The first-order chi connectivity index (χ1) is 16.1. The molecule has 0 saturated heterocycles. The minimum absolute atomic E-state index is 0.173. The number of pyridine rings is 1. The first kappa shape index (κ1) is 20.8. The summed E-state index contributed by atoms with van der Waals surface area (Å²) in [5, 5.41) is 5.92. The molecule has 3 aromatic carbocycles. The van der Waals surface area contributed by atoms with Crippen LogP contribution in [0.25, 0.3) is 39.3 Å². The van der Waals surface area contributed by atoms with Gasteiger partial charge in [0.2, 0.25) is 5.82 Å². The Kier molecular flexibility index (Phi) is 5.32. The third-order valence-electron chi connectivity index (χ3n) is 5.32. The van der Waals surface area contributed by atoms with Crippen molar-refractivity contribution < 1.29 is 14.0 Å². The van der Waals surface area contributed by atoms with E-state index in [1.165, 1.54) is 4.57 Å². The number of rotatable bonds is 5. The standard InChI is InChI=1S/C25H18ClN3O4/c1-31-17-10-11-20(22(13-17)32-2)23-27-24(33-28-23)21-14-29(16-7-5-6-15(26)12-16)25(30)19-9-4-3-8-18(19)21/h3-14H,1-2H3. The second-order valence-electron chi connectivity index (χ2n) is 7.23. The van der Waals surface area contributed by atoms with Gasteiger partial charge in [-0.3, -0.25) is 9.36 Å². The van der Waals surface area contributed by atoms with Crippen LogP contribution in [0.4, 0.5) is 0 Å². The predicted octanol–water partition coefficient (Wildman–Crippen LogP) is 5.38. The summed E-state index contributed by atoms with van der Waals surface area (Å²) in [7, 11) is 3.15. The van der Waals surface area contributed by atoms with Gasteiger partial charge >= 0.3 is 0 Å². The summed E-state index contributed by atoms with van der Waals surface area (Å²) in [6.45, 7) is 0. The molecule has 0 aliphatic carbocycles. The Morgan fingerprint density at radius 1 is 0.909 bits per heavy atom. The molecule has 7 nitrogen and oxygen atoms in total. The van der Waals surface area contributed by atoms with Crippen LogP contribution in [0.3, 0.4) is 0 Å². The largest absolute Gasteiger partial charge is 0.497 e. The molecule has 2 aromatic heterocycles. The highest BCUT2D eigenvalue weighted by atomic mass is 35.5. The Hall–Kier alpha value is -4.10. The van der Waals surface area contributed by atoms with Crippen LogP contribution in [-0.2, 0) is 0 Å². The quantitative estimate of drug-likeness (QED) is 0.351. The lowest BCUT2D eigenvalue weighted by Crippen LogP contribution is -2.18. The van der Waals surface area contributed by atoms with E-state index < -0.39 is 0 Å². The number of halogens is 1. The molecule has 0 aliphatic heterocycles. The van der Waals surface area contributed by atoms with E-state index in [1.807, 2.05) is 24.3 Å². The Labute approximate surface area is 193 Å². The van der Waals surface area contributed by atoms with E-state index in [0.717, 1.165) is 0 Å². The Morgan fingerprint density at radius 2 is 1.73 bits per heavy atom. The van der Waals surface area contributed by atoms with Crippen LogP contribution in [0, 0.1) is 0 Å². The van der Waals surface area contributed by atoms with Gasteiger partial charge in [0, 0.05) is 28.1 Å². The molecule has 5 aromatic rings. The highest BCUT2D eigenvalue weighted by molar-refractivity contribution is 6.30. The van der Waals surface area contributed by atoms with Gasteiger partial charge in [0.15, 0.2) is 0 Å². The molecule has 0 aliphatic rings. The zero-order valence-corrected chi connectivity index (χ0v) is 18.5. The third kappa shape index (κ3) is 3.72. The summed E-state index contributed by atoms with van der Waals surface area (Å²) in [5.74, 6) is 1.83. The molecule has 0 unspecified atom stereocenters. The van der Waals surface area contributed by atoms with E-state index in [0.29, 0.717) is 49.9 Å². The number of nitrogens with zero attached hydrogens (tertiary/aromatic N) is 3. The van der Waals surface area contributed by atoms with Crippen LogP contribution in [0.2, 0.25) is 5.02 Å². The highest BCUT2D eigenvalue weighted by Gasteiger charge is 2.19. The molecule has 0 saturated carbocycles. The fraction of sp³-hybridized carbons (Fsp3) is 0.0800. The van der Waals surface area contributed by atoms with Crippen LogP contribution in [0.5, 0.6) is 11.5 Å². The van der Waals surface area contributed by atoms with Crippen molar-refractivity contribution in [1.29, 1.82) is 0 Å². The first-order valence-corrected chi connectivity index (χ1v) is 10.4. The summed E-state index contributed by atoms with van der Waals surface area (Å²) in [5.41, 5.74) is 1.74. The summed E-state index contributed by atoms with van der Waals surface area (Å²) in [6.07, 6.45) is 1.69. The third-order valence-corrected chi connectivity index (χ3v) is 5.55. The van der Waals surface area contributed by atoms with Gasteiger partial charge in [-0.05, 0) is 36.4 Å². The number of fused-ring (bicyclic) bond motifs is 1. The molecule has 8 heteroatoms. The lowest BCUT2D eigenvalue weighted by Gasteiger charge is -2.10. The van der Waals surface area contributed by atoms with E-state index in [2.05, 4.69) is 10.1 Å². The maximum atomic E-state index is 13.2. The van der Waals surface area contributed by atoms with Crippen molar-refractivity contribution in [2.24, 2.45) is 0 Å². The van der Waals surface area contributed by atoms with Crippen molar-refractivity contribution >= 4 is 22.4 Å². The van der Waals surface area contributed by atoms with Gasteiger partial charge in [-0.2, -0.15) is 4.98 Å². The summed E-state index contributed by atoms with van der Waals surface area (Å²) in [6, 6.07) is 19.7. The molecule has 0 amide bonds. The van der Waals surface area contributed by atoms with Crippen LogP contribution in [-0.4, -0.2) is 28.9 Å². The second kappa shape index (κ2) is 8.44. The number of methoxy groups -OCH3 is 2. The lowest BCUT2D eigenvalue weighted by molar-refractivity contribution is 0.394. The zero-order valence-electron chi connectivity index (χ0n) is 17.8. The fourth-order valence-corrected chi connectivity index (χ4v) is 3.89. The van der Waals surface area contributed by atoms with E-state index >= 15 is 0 Å². The van der Waals surface area contributed by atoms with Gasteiger partial charge in [0.25, 0.3) is 11.4 Å². The molecule has 164 valence electrons. The monoisotopic (exact) mass is 459 g/mol. The van der Waals surface area contributed by atoms with Gasteiger partial charge in [-0.1, -0.05) is 41.0 Å². The molecule has 2 heterocycles. The normalized spacial score (nSPS) is 11.0. The van der Waals surface area contributed by atoms with Crippen LogP contribution < -0.4 is 15.0 Å². The number of aromatic nitrogens is 3. The fourth-order valence-electron chi connectivity index (χ4n) is 3.71. The maximum absolute atomic E-state index is 13.2.